The van der Waals surface area contributed by atoms with Crippen molar-refractivity contribution in [1.82, 2.24) is 9.97 Å². The number of aromatic nitrogens is 2. The van der Waals surface area contributed by atoms with E-state index in [0.29, 0.717) is 6.61 Å². The Morgan fingerprint density at radius 3 is 2.53 bits per heavy atom. The Balaban J connectivity index is 1.85. The molecule has 0 aliphatic heterocycles. The molecule has 3 heteroatoms. The lowest BCUT2D eigenvalue weighted by atomic mass is 10.1. The first kappa shape index (κ1) is 11.5. The fourth-order valence-corrected chi connectivity index (χ4v) is 1.97. The van der Waals surface area contributed by atoms with Crippen LogP contribution in [0.3, 0.4) is 0 Å². The van der Waals surface area contributed by atoms with E-state index in [0.717, 1.165) is 22.6 Å². The number of hydrogen-bond donors (Lipinski definition) is 1. The summed E-state index contributed by atoms with van der Waals surface area (Å²) in [5.74, 6) is 0.872. The molecule has 1 heterocycles. The number of imidazole rings is 1. The first-order valence-corrected chi connectivity index (χ1v) is 6.18. The Labute approximate surface area is 111 Å². The average molecular weight is 250 g/mol. The summed E-state index contributed by atoms with van der Waals surface area (Å²) in [6, 6.07) is 18.3. The molecule has 0 saturated heterocycles. The molecule has 0 bridgehead atoms. The molecule has 3 aromatic rings. The number of nitrogens with zero attached hydrogens (tertiary/aromatic N) is 1. The monoisotopic (exact) mass is 250 g/mol. The molecule has 0 fully saturated rings. The van der Waals surface area contributed by atoms with Gasteiger partial charge >= 0.3 is 0 Å². The standard InChI is InChI=1S/C16H14N2O/c1-2-6-13(7-3-1)15-8-4-5-9-16(15)19-11-14-10-17-12-18-14/h1-10,12H,11H2,(H,17,18). The number of H-pyrrole nitrogens is 1. The topological polar surface area (TPSA) is 37.9 Å². The van der Waals surface area contributed by atoms with Crippen molar-refractivity contribution in [3.8, 4) is 16.9 Å². The third-order valence-electron chi connectivity index (χ3n) is 2.90. The Bertz CT molecular complexity index is 633. The maximum atomic E-state index is 5.85. The Kier molecular flexibility index (Phi) is 3.28. The highest BCUT2D eigenvalue weighted by Crippen LogP contribution is 2.29. The lowest BCUT2D eigenvalue weighted by Crippen LogP contribution is -1.97. The highest BCUT2D eigenvalue weighted by atomic mass is 16.5. The second-order valence-corrected chi connectivity index (χ2v) is 4.21. The maximum absolute atomic E-state index is 5.85. The molecule has 0 amide bonds. The van der Waals surface area contributed by atoms with E-state index in [1.165, 1.54) is 0 Å². The van der Waals surface area contributed by atoms with Gasteiger partial charge in [-0.15, -0.1) is 0 Å². The molecule has 0 atom stereocenters. The number of aromatic amines is 1. The van der Waals surface area contributed by atoms with Gasteiger partial charge in [0, 0.05) is 11.8 Å². The molecule has 0 aliphatic carbocycles. The van der Waals surface area contributed by atoms with Gasteiger partial charge in [-0.2, -0.15) is 0 Å². The highest BCUT2D eigenvalue weighted by Gasteiger charge is 2.05. The predicted octanol–water partition coefficient (Wildman–Crippen LogP) is 3.66. The van der Waals surface area contributed by atoms with E-state index < -0.39 is 0 Å². The maximum Gasteiger partial charge on any atom is 0.132 e. The summed E-state index contributed by atoms with van der Waals surface area (Å²) in [7, 11) is 0. The van der Waals surface area contributed by atoms with Gasteiger partial charge < -0.3 is 9.72 Å². The number of nitrogens with one attached hydrogen (secondary N) is 1. The number of rotatable bonds is 4. The van der Waals surface area contributed by atoms with E-state index >= 15 is 0 Å². The van der Waals surface area contributed by atoms with Crippen LogP contribution >= 0.6 is 0 Å². The van der Waals surface area contributed by atoms with Crippen LogP contribution in [0.5, 0.6) is 5.75 Å². The van der Waals surface area contributed by atoms with Crippen molar-refractivity contribution in [3.63, 3.8) is 0 Å². The fraction of sp³-hybridized carbons (Fsp3) is 0.0625. The number of para-hydroxylation sites is 1. The summed E-state index contributed by atoms with van der Waals surface area (Å²) >= 11 is 0. The molecule has 3 nitrogen and oxygen atoms in total. The molecular formula is C16H14N2O. The first-order valence-electron chi connectivity index (χ1n) is 6.18. The van der Waals surface area contributed by atoms with Crippen molar-refractivity contribution in [2.45, 2.75) is 6.61 Å². The number of hydrogen-bond acceptors (Lipinski definition) is 2. The Morgan fingerprint density at radius 1 is 0.947 bits per heavy atom. The van der Waals surface area contributed by atoms with Crippen LogP contribution in [0.25, 0.3) is 11.1 Å². The first-order chi connectivity index (χ1) is 9.43. The van der Waals surface area contributed by atoms with Crippen molar-refractivity contribution < 1.29 is 4.74 Å². The van der Waals surface area contributed by atoms with Gasteiger partial charge in [0.15, 0.2) is 0 Å². The van der Waals surface area contributed by atoms with Crippen LogP contribution in [-0.4, -0.2) is 9.97 Å². The Hall–Kier alpha value is -2.55. The minimum atomic E-state index is 0.466. The Morgan fingerprint density at radius 2 is 1.74 bits per heavy atom. The normalized spacial score (nSPS) is 10.3. The minimum absolute atomic E-state index is 0.466. The van der Waals surface area contributed by atoms with Crippen molar-refractivity contribution in [2.75, 3.05) is 0 Å². The van der Waals surface area contributed by atoms with Crippen LogP contribution in [0, 0.1) is 0 Å². The molecule has 0 radical (unpaired) electrons. The van der Waals surface area contributed by atoms with Gasteiger partial charge in [-0.05, 0) is 11.6 Å². The van der Waals surface area contributed by atoms with Crippen molar-refractivity contribution in [2.24, 2.45) is 0 Å². The van der Waals surface area contributed by atoms with Crippen LogP contribution in [0.4, 0.5) is 0 Å². The van der Waals surface area contributed by atoms with E-state index in [4.69, 9.17) is 4.74 Å². The molecule has 0 saturated carbocycles. The average Bonchev–Trinajstić information content (AvgIpc) is 3.00. The van der Waals surface area contributed by atoms with Crippen molar-refractivity contribution >= 4 is 0 Å². The third kappa shape index (κ3) is 2.65. The van der Waals surface area contributed by atoms with E-state index in [9.17, 15) is 0 Å². The zero-order valence-electron chi connectivity index (χ0n) is 10.4. The second kappa shape index (κ2) is 5.40. The van der Waals surface area contributed by atoms with Crippen molar-refractivity contribution in [1.29, 1.82) is 0 Å². The van der Waals surface area contributed by atoms with Gasteiger partial charge in [-0.3, -0.25) is 0 Å². The summed E-state index contributed by atoms with van der Waals surface area (Å²) in [6.45, 7) is 0.466. The lowest BCUT2D eigenvalue weighted by Gasteiger charge is -2.10. The summed E-state index contributed by atoms with van der Waals surface area (Å²) in [6.07, 6.45) is 3.49. The SMILES string of the molecule is c1ccc(-c2ccccc2OCc2c[nH]cn2)cc1. The van der Waals surface area contributed by atoms with Gasteiger partial charge in [-0.25, -0.2) is 4.98 Å². The van der Waals surface area contributed by atoms with Gasteiger partial charge in [-0.1, -0.05) is 48.5 Å². The van der Waals surface area contributed by atoms with Crippen LogP contribution in [0.15, 0.2) is 67.1 Å². The zero-order chi connectivity index (χ0) is 12.9. The highest BCUT2D eigenvalue weighted by molar-refractivity contribution is 5.70. The van der Waals surface area contributed by atoms with Gasteiger partial charge in [0.25, 0.3) is 0 Å². The molecule has 3 rings (SSSR count). The molecule has 1 aromatic heterocycles. The number of ether oxygens (including phenoxy) is 1. The van der Waals surface area contributed by atoms with Crippen LogP contribution < -0.4 is 4.74 Å². The summed E-state index contributed by atoms with van der Waals surface area (Å²) in [5, 5.41) is 0. The van der Waals surface area contributed by atoms with E-state index in [1.807, 2.05) is 42.6 Å². The van der Waals surface area contributed by atoms with Crippen LogP contribution in [-0.2, 0) is 6.61 Å². The summed E-state index contributed by atoms with van der Waals surface area (Å²) < 4.78 is 5.85. The van der Waals surface area contributed by atoms with Gasteiger partial charge in [0.05, 0.1) is 12.0 Å². The van der Waals surface area contributed by atoms with Crippen LogP contribution in [0.1, 0.15) is 5.69 Å². The largest absolute Gasteiger partial charge is 0.487 e. The molecule has 19 heavy (non-hydrogen) atoms. The van der Waals surface area contributed by atoms with E-state index in [2.05, 4.69) is 28.2 Å². The number of benzene rings is 2. The van der Waals surface area contributed by atoms with E-state index in [-0.39, 0.29) is 0 Å². The smallest absolute Gasteiger partial charge is 0.132 e. The molecule has 0 unspecified atom stereocenters. The molecule has 94 valence electrons. The van der Waals surface area contributed by atoms with Gasteiger partial charge in [0.1, 0.15) is 12.4 Å². The molecule has 0 aliphatic rings. The van der Waals surface area contributed by atoms with Crippen LogP contribution in [0.2, 0.25) is 0 Å². The molecule has 0 spiro atoms. The molecule has 1 N–H and O–H groups in total. The summed E-state index contributed by atoms with van der Waals surface area (Å²) in [4.78, 5) is 7.07. The van der Waals surface area contributed by atoms with Crippen molar-refractivity contribution in [3.05, 3.63) is 72.8 Å². The minimum Gasteiger partial charge on any atom is -0.487 e. The quantitative estimate of drug-likeness (QED) is 0.767. The predicted molar refractivity (Wildman–Crippen MR) is 74.8 cm³/mol. The van der Waals surface area contributed by atoms with E-state index in [1.54, 1.807) is 6.33 Å². The molecule has 2 aromatic carbocycles. The molecular weight excluding hydrogens is 236 g/mol. The van der Waals surface area contributed by atoms with Gasteiger partial charge in [0.2, 0.25) is 0 Å². The summed E-state index contributed by atoms with van der Waals surface area (Å²) in [5.41, 5.74) is 3.14. The third-order valence-corrected chi connectivity index (χ3v) is 2.90. The second-order valence-electron chi connectivity index (χ2n) is 4.21. The zero-order valence-corrected chi connectivity index (χ0v) is 10.4. The lowest BCUT2D eigenvalue weighted by molar-refractivity contribution is 0.303. The fourth-order valence-electron chi connectivity index (χ4n) is 1.97.